The van der Waals surface area contributed by atoms with E-state index in [0.29, 0.717) is 6.61 Å². The minimum absolute atomic E-state index is 0.267. The van der Waals surface area contributed by atoms with Crippen LogP contribution in [0.15, 0.2) is 36.4 Å². The first-order valence-corrected chi connectivity index (χ1v) is 6.51. The molecule has 0 radical (unpaired) electrons. The minimum Gasteiger partial charge on any atom is -0.487 e. The topological polar surface area (TPSA) is 59.4 Å². The predicted molar refractivity (Wildman–Crippen MR) is 76.1 cm³/mol. The van der Waals surface area contributed by atoms with E-state index in [-0.39, 0.29) is 5.56 Å². The van der Waals surface area contributed by atoms with Crippen LogP contribution >= 0.6 is 0 Å². The third-order valence-electron chi connectivity index (χ3n) is 2.97. The Morgan fingerprint density at radius 3 is 2.80 bits per heavy atom. The van der Waals surface area contributed by atoms with Gasteiger partial charge in [0.05, 0.1) is 11.3 Å². The number of aromatic carboxylic acids is 1. The van der Waals surface area contributed by atoms with Crippen LogP contribution in [-0.4, -0.2) is 16.1 Å². The van der Waals surface area contributed by atoms with Gasteiger partial charge in [-0.15, -0.1) is 0 Å². The van der Waals surface area contributed by atoms with Crippen molar-refractivity contribution in [3.05, 3.63) is 58.9 Å². The van der Waals surface area contributed by atoms with E-state index in [1.807, 2.05) is 32.0 Å². The van der Waals surface area contributed by atoms with Crippen molar-refractivity contribution in [1.29, 1.82) is 0 Å². The van der Waals surface area contributed by atoms with Crippen LogP contribution in [0.25, 0.3) is 0 Å². The van der Waals surface area contributed by atoms with Gasteiger partial charge in [-0.3, -0.25) is 4.98 Å². The van der Waals surface area contributed by atoms with Crippen molar-refractivity contribution < 1.29 is 14.6 Å². The van der Waals surface area contributed by atoms with Gasteiger partial charge in [0.15, 0.2) is 0 Å². The summed E-state index contributed by atoms with van der Waals surface area (Å²) in [5.41, 5.74) is 2.97. The summed E-state index contributed by atoms with van der Waals surface area (Å²) in [7, 11) is 0. The summed E-state index contributed by atoms with van der Waals surface area (Å²) in [4.78, 5) is 15.3. The quantitative estimate of drug-likeness (QED) is 0.907. The summed E-state index contributed by atoms with van der Waals surface area (Å²) < 4.78 is 5.75. The van der Waals surface area contributed by atoms with Crippen molar-refractivity contribution in [3.63, 3.8) is 0 Å². The number of hydrogen-bond donors (Lipinski definition) is 1. The molecule has 0 aliphatic rings. The largest absolute Gasteiger partial charge is 0.487 e. The highest BCUT2D eigenvalue weighted by molar-refractivity contribution is 5.87. The molecule has 20 heavy (non-hydrogen) atoms. The number of aryl methyl sites for hydroxylation is 2. The molecule has 4 heteroatoms. The first-order chi connectivity index (χ1) is 9.60. The van der Waals surface area contributed by atoms with Crippen molar-refractivity contribution in [2.24, 2.45) is 0 Å². The zero-order valence-corrected chi connectivity index (χ0v) is 11.6. The average Bonchev–Trinajstić information content (AvgIpc) is 2.46. The summed E-state index contributed by atoms with van der Waals surface area (Å²) in [6.45, 7) is 4.30. The highest BCUT2D eigenvalue weighted by atomic mass is 16.5. The van der Waals surface area contributed by atoms with Gasteiger partial charge in [0.2, 0.25) is 0 Å². The van der Waals surface area contributed by atoms with E-state index in [1.165, 1.54) is 0 Å². The number of rotatable bonds is 5. The van der Waals surface area contributed by atoms with E-state index >= 15 is 0 Å². The maximum Gasteiger partial charge on any atom is 0.335 e. The number of benzene rings is 1. The van der Waals surface area contributed by atoms with E-state index < -0.39 is 5.97 Å². The summed E-state index contributed by atoms with van der Waals surface area (Å²) in [5, 5.41) is 8.96. The molecule has 1 N–H and O–H groups in total. The van der Waals surface area contributed by atoms with Crippen LogP contribution < -0.4 is 4.74 Å². The fraction of sp³-hybridized carbons (Fsp3) is 0.250. The zero-order chi connectivity index (χ0) is 14.5. The van der Waals surface area contributed by atoms with Crippen molar-refractivity contribution in [1.82, 2.24) is 4.98 Å². The molecular formula is C16H17NO3. The Bertz CT molecular complexity index is 623. The standard InChI is InChI=1S/C16H17NO3/c1-3-14-15(8-7-11(2)17-14)20-10-12-5-4-6-13(9-12)16(18)19/h4-9H,3,10H2,1-2H3,(H,18,19). The van der Waals surface area contributed by atoms with Gasteiger partial charge in [-0.25, -0.2) is 4.79 Å². The lowest BCUT2D eigenvalue weighted by atomic mass is 10.1. The van der Waals surface area contributed by atoms with Gasteiger partial charge in [0, 0.05) is 5.69 Å². The molecule has 0 atom stereocenters. The van der Waals surface area contributed by atoms with Crippen molar-refractivity contribution in [2.45, 2.75) is 26.9 Å². The summed E-state index contributed by atoms with van der Waals surface area (Å²) in [6.07, 6.45) is 0.798. The Kier molecular flexibility index (Phi) is 4.35. The second-order valence-corrected chi connectivity index (χ2v) is 4.55. The van der Waals surface area contributed by atoms with Gasteiger partial charge in [-0.1, -0.05) is 19.1 Å². The number of carbonyl (C=O) groups is 1. The van der Waals surface area contributed by atoms with Gasteiger partial charge < -0.3 is 9.84 Å². The number of ether oxygens (including phenoxy) is 1. The molecule has 2 rings (SSSR count). The molecule has 0 fully saturated rings. The highest BCUT2D eigenvalue weighted by Gasteiger charge is 2.06. The monoisotopic (exact) mass is 271 g/mol. The van der Waals surface area contributed by atoms with E-state index in [1.54, 1.807) is 18.2 Å². The second-order valence-electron chi connectivity index (χ2n) is 4.55. The number of hydrogen-bond acceptors (Lipinski definition) is 3. The third-order valence-corrected chi connectivity index (χ3v) is 2.97. The van der Waals surface area contributed by atoms with Crippen LogP contribution in [0.5, 0.6) is 5.75 Å². The lowest BCUT2D eigenvalue weighted by Gasteiger charge is -2.10. The number of aromatic nitrogens is 1. The van der Waals surface area contributed by atoms with E-state index in [0.717, 1.165) is 29.1 Å². The van der Waals surface area contributed by atoms with Gasteiger partial charge in [0.1, 0.15) is 12.4 Å². The molecule has 1 aromatic heterocycles. The fourth-order valence-corrected chi connectivity index (χ4v) is 1.94. The Hall–Kier alpha value is -2.36. The van der Waals surface area contributed by atoms with Crippen LogP contribution in [0.1, 0.15) is 34.2 Å². The molecule has 2 aromatic rings. The Morgan fingerprint density at radius 2 is 2.10 bits per heavy atom. The lowest BCUT2D eigenvalue weighted by molar-refractivity contribution is 0.0696. The Balaban J connectivity index is 2.12. The molecule has 104 valence electrons. The first-order valence-electron chi connectivity index (χ1n) is 6.51. The molecule has 0 saturated carbocycles. The second kappa shape index (κ2) is 6.19. The molecule has 0 unspecified atom stereocenters. The smallest absolute Gasteiger partial charge is 0.335 e. The summed E-state index contributed by atoms with van der Waals surface area (Å²) in [6, 6.07) is 10.6. The van der Waals surface area contributed by atoms with Crippen molar-refractivity contribution in [3.8, 4) is 5.75 Å². The Labute approximate surface area is 118 Å². The average molecular weight is 271 g/mol. The molecule has 0 amide bonds. The van der Waals surface area contributed by atoms with Gasteiger partial charge >= 0.3 is 5.97 Å². The predicted octanol–water partition coefficient (Wildman–Crippen LogP) is 3.23. The number of pyridine rings is 1. The van der Waals surface area contributed by atoms with E-state index in [2.05, 4.69) is 4.98 Å². The number of nitrogens with zero attached hydrogens (tertiary/aromatic N) is 1. The van der Waals surface area contributed by atoms with E-state index in [9.17, 15) is 4.79 Å². The van der Waals surface area contributed by atoms with Crippen LogP contribution in [0.2, 0.25) is 0 Å². The zero-order valence-electron chi connectivity index (χ0n) is 11.6. The molecule has 0 aliphatic heterocycles. The minimum atomic E-state index is -0.932. The summed E-state index contributed by atoms with van der Waals surface area (Å²) in [5.74, 6) is -0.183. The van der Waals surface area contributed by atoms with Crippen molar-refractivity contribution in [2.75, 3.05) is 0 Å². The van der Waals surface area contributed by atoms with Crippen molar-refractivity contribution >= 4 is 5.97 Å². The SMILES string of the molecule is CCc1nc(C)ccc1OCc1cccc(C(=O)O)c1. The molecule has 4 nitrogen and oxygen atoms in total. The summed E-state index contributed by atoms with van der Waals surface area (Å²) >= 11 is 0. The van der Waals surface area contributed by atoms with Crippen LogP contribution in [0.4, 0.5) is 0 Å². The van der Waals surface area contributed by atoms with Gasteiger partial charge in [-0.2, -0.15) is 0 Å². The molecule has 0 spiro atoms. The number of carboxylic acids is 1. The van der Waals surface area contributed by atoms with Crippen LogP contribution in [0, 0.1) is 6.92 Å². The Morgan fingerprint density at radius 1 is 1.30 bits per heavy atom. The molecule has 0 aliphatic carbocycles. The fourth-order valence-electron chi connectivity index (χ4n) is 1.94. The van der Waals surface area contributed by atoms with Crippen LogP contribution in [0.3, 0.4) is 0 Å². The third kappa shape index (κ3) is 3.35. The number of carboxylic acid groups (broad SMARTS) is 1. The molecule has 0 bridgehead atoms. The lowest BCUT2D eigenvalue weighted by Crippen LogP contribution is -2.02. The van der Waals surface area contributed by atoms with E-state index in [4.69, 9.17) is 9.84 Å². The maximum atomic E-state index is 10.9. The van der Waals surface area contributed by atoms with Gasteiger partial charge in [0.25, 0.3) is 0 Å². The van der Waals surface area contributed by atoms with Crippen LogP contribution in [-0.2, 0) is 13.0 Å². The normalized spacial score (nSPS) is 10.3. The maximum absolute atomic E-state index is 10.9. The highest BCUT2D eigenvalue weighted by Crippen LogP contribution is 2.19. The first kappa shape index (κ1) is 14.1. The molecule has 1 heterocycles. The van der Waals surface area contributed by atoms with Gasteiger partial charge in [-0.05, 0) is 43.2 Å². The molecular weight excluding hydrogens is 254 g/mol. The molecule has 1 aromatic carbocycles. The molecule has 0 saturated heterocycles.